The van der Waals surface area contributed by atoms with Crippen molar-refractivity contribution >= 4 is 5.91 Å². The summed E-state index contributed by atoms with van der Waals surface area (Å²) in [6, 6.07) is 14.5. The molecular formula is C21H24F2N2O3. The lowest BCUT2D eigenvalue weighted by Crippen LogP contribution is -2.35. The summed E-state index contributed by atoms with van der Waals surface area (Å²) >= 11 is 0. The highest BCUT2D eigenvalue weighted by molar-refractivity contribution is 5.95. The van der Waals surface area contributed by atoms with E-state index in [1.807, 2.05) is 18.2 Å². The van der Waals surface area contributed by atoms with Crippen LogP contribution in [0.4, 0.5) is 8.78 Å². The van der Waals surface area contributed by atoms with Crippen LogP contribution in [0.2, 0.25) is 0 Å². The summed E-state index contributed by atoms with van der Waals surface area (Å²) < 4.78 is 34.4. The van der Waals surface area contributed by atoms with E-state index in [1.54, 1.807) is 4.90 Å². The van der Waals surface area contributed by atoms with Gasteiger partial charge in [0.25, 0.3) is 5.91 Å². The molecular weight excluding hydrogens is 366 g/mol. The fourth-order valence-electron chi connectivity index (χ4n) is 3.35. The van der Waals surface area contributed by atoms with Crippen LogP contribution in [0.5, 0.6) is 11.5 Å². The molecule has 0 N–H and O–H groups in total. The van der Waals surface area contributed by atoms with Gasteiger partial charge in [0.2, 0.25) is 0 Å². The quantitative estimate of drug-likeness (QED) is 0.755. The van der Waals surface area contributed by atoms with E-state index >= 15 is 0 Å². The van der Waals surface area contributed by atoms with Crippen LogP contribution in [0.15, 0.2) is 48.5 Å². The second-order valence-electron chi connectivity index (χ2n) is 6.65. The Labute approximate surface area is 163 Å². The highest BCUT2D eigenvalue weighted by Gasteiger charge is 2.22. The van der Waals surface area contributed by atoms with E-state index in [-0.39, 0.29) is 17.4 Å². The zero-order valence-electron chi connectivity index (χ0n) is 15.8. The van der Waals surface area contributed by atoms with Crippen molar-refractivity contribution in [1.82, 2.24) is 9.80 Å². The Bertz CT molecular complexity index is 786. The van der Waals surface area contributed by atoms with Crippen LogP contribution in [0.25, 0.3) is 0 Å². The zero-order valence-corrected chi connectivity index (χ0v) is 15.8. The smallest absolute Gasteiger partial charge is 0.387 e. The zero-order chi connectivity index (χ0) is 19.9. The third-order valence-electron chi connectivity index (χ3n) is 4.75. The van der Waals surface area contributed by atoms with Crippen molar-refractivity contribution in [2.24, 2.45) is 0 Å². The number of amides is 1. The molecule has 1 saturated heterocycles. The monoisotopic (exact) mass is 390 g/mol. The third-order valence-corrected chi connectivity index (χ3v) is 4.75. The van der Waals surface area contributed by atoms with Crippen molar-refractivity contribution in [3.8, 4) is 11.5 Å². The van der Waals surface area contributed by atoms with Gasteiger partial charge in [0.15, 0.2) is 11.5 Å². The Morgan fingerprint density at radius 2 is 1.82 bits per heavy atom. The first-order chi connectivity index (χ1) is 13.6. The van der Waals surface area contributed by atoms with Gasteiger partial charge in [-0.1, -0.05) is 30.3 Å². The molecule has 2 aromatic rings. The van der Waals surface area contributed by atoms with Crippen molar-refractivity contribution in [3.63, 3.8) is 0 Å². The van der Waals surface area contributed by atoms with Crippen LogP contribution in [-0.4, -0.2) is 55.6 Å². The maximum Gasteiger partial charge on any atom is 0.387 e. The van der Waals surface area contributed by atoms with E-state index in [0.29, 0.717) is 18.7 Å². The summed E-state index contributed by atoms with van der Waals surface area (Å²) in [6.07, 6.45) is 0.877. The van der Waals surface area contributed by atoms with Crippen molar-refractivity contribution in [2.75, 3.05) is 33.3 Å². The minimum atomic E-state index is -2.95. The van der Waals surface area contributed by atoms with Crippen molar-refractivity contribution in [1.29, 1.82) is 0 Å². The lowest BCUT2D eigenvalue weighted by Gasteiger charge is -2.22. The van der Waals surface area contributed by atoms with Gasteiger partial charge in [-0.3, -0.25) is 9.69 Å². The molecule has 0 spiro atoms. The van der Waals surface area contributed by atoms with Gasteiger partial charge >= 0.3 is 6.61 Å². The predicted octanol–water partition coefficient (Wildman–Crippen LogP) is 3.64. The van der Waals surface area contributed by atoms with Crippen LogP contribution < -0.4 is 9.47 Å². The molecule has 1 amide bonds. The molecule has 0 radical (unpaired) electrons. The van der Waals surface area contributed by atoms with Gasteiger partial charge in [-0.05, 0) is 30.2 Å². The molecule has 3 rings (SSSR count). The average Bonchev–Trinajstić information content (AvgIpc) is 2.93. The van der Waals surface area contributed by atoms with Crippen molar-refractivity contribution in [3.05, 3.63) is 59.7 Å². The van der Waals surface area contributed by atoms with E-state index in [4.69, 9.17) is 4.74 Å². The number of nitrogens with zero attached hydrogens (tertiary/aromatic N) is 2. The number of halogens is 2. The van der Waals surface area contributed by atoms with E-state index in [0.717, 1.165) is 26.1 Å². The standard InChI is InChI=1S/C21H24F2N2O3/c1-27-19-14-17(8-9-18(19)28-21(22)23)20(26)25-11-5-10-24(12-13-25)15-16-6-3-2-4-7-16/h2-4,6-9,14,21H,5,10-13,15H2,1H3. The molecule has 2 aromatic carbocycles. The molecule has 150 valence electrons. The van der Waals surface area contributed by atoms with Gasteiger partial charge in [-0.15, -0.1) is 0 Å². The second-order valence-corrected chi connectivity index (χ2v) is 6.65. The minimum Gasteiger partial charge on any atom is -0.493 e. The molecule has 28 heavy (non-hydrogen) atoms. The van der Waals surface area contributed by atoms with E-state index in [1.165, 1.54) is 30.9 Å². The number of benzene rings is 2. The normalized spacial score (nSPS) is 15.4. The van der Waals surface area contributed by atoms with E-state index in [9.17, 15) is 13.6 Å². The first-order valence-electron chi connectivity index (χ1n) is 9.25. The van der Waals surface area contributed by atoms with E-state index in [2.05, 4.69) is 21.8 Å². The molecule has 0 unspecified atom stereocenters. The Hall–Kier alpha value is -2.67. The summed E-state index contributed by atoms with van der Waals surface area (Å²) in [5, 5.41) is 0. The molecule has 1 aliphatic heterocycles. The first kappa shape index (κ1) is 20.1. The number of methoxy groups -OCH3 is 1. The number of alkyl halides is 2. The van der Waals surface area contributed by atoms with Crippen LogP contribution in [-0.2, 0) is 6.54 Å². The van der Waals surface area contributed by atoms with Crippen LogP contribution in [0, 0.1) is 0 Å². The largest absolute Gasteiger partial charge is 0.493 e. The van der Waals surface area contributed by atoms with Crippen molar-refractivity contribution in [2.45, 2.75) is 19.6 Å². The van der Waals surface area contributed by atoms with Gasteiger partial charge in [0, 0.05) is 38.3 Å². The maximum absolute atomic E-state index is 12.9. The molecule has 7 heteroatoms. The Morgan fingerprint density at radius 3 is 2.54 bits per heavy atom. The summed E-state index contributed by atoms with van der Waals surface area (Å²) in [5.41, 5.74) is 1.65. The van der Waals surface area contributed by atoms with Gasteiger partial charge in [-0.25, -0.2) is 0 Å². The molecule has 1 fully saturated rings. The summed E-state index contributed by atoms with van der Waals surface area (Å²) in [7, 11) is 1.36. The average molecular weight is 390 g/mol. The van der Waals surface area contributed by atoms with Gasteiger partial charge in [0.1, 0.15) is 0 Å². The minimum absolute atomic E-state index is 0.0843. The third kappa shape index (κ3) is 5.19. The molecule has 0 aliphatic carbocycles. The number of ether oxygens (including phenoxy) is 2. The summed E-state index contributed by atoms with van der Waals surface area (Å²) in [6.45, 7) is 0.881. The number of rotatable bonds is 6. The van der Waals surface area contributed by atoms with Crippen molar-refractivity contribution < 1.29 is 23.0 Å². The maximum atomic E-state index is 12.9. The molecule has 5 nitrogen and oxygen atoms in total. The second kappa shape index (κ2) is 9.50. The number of hydrogen-bond donors (Lipinski definition) is 0. The molecule has 0 atom stereocenters. The SMILES string of the molecule is COc1cc(C(=O)N2CCCN(Cc3ccccc3)CC2)ccc1OC(F)F. The lowest BCUT2D eigenvalue weighted by atomic mass is 10.1. The predicted molar refractivity (Wildman–Crippen MR) is 102 cm³/mol. The lowest BCUT2D eigenvalue weighted by molar-refractivity contribution is -0.0512. The molecule has 0 aromatic heterocycles. The summed E-state index contributed by atoms with van der Waals surface area (Å²) in [4.78, 5) is 17.0. The van der Waals surface area contributed by atoms with Crippen LogP contribution in [0.1, 0.15) is 22.3 Å². The number of carbonyl (C=O) groups is 1. The van der Waals surface area contributed by atoms with Gasteiger partial charge < -0.3 is 14.4 Å². The fourth-order valence-corrected chi connectivity index (χ4v) is 3.35. The molecule has 0 bridgehead atoms. The van der Waals surface area contributed by atoms with Crippen LogP contribution >= 0.6 is 0 Å². The highest BCUT2D eigenvalue weighted by atomic mass is 19.3. The van der Waals surface area contributed by atoms with Gasteiger partial charge in [0.05, 0.1) is 7.11 Å². The fraction of sp³-hybridized carbons (Fsp3) is 0.381. The van der Waals surface area contributed by atoms with E-state index < -0.39 is 6.61 Å². The Morgan fingerprint density at radius 1 is 1.04 bits per heavy atom. The van der Waals surface area contributed by atoms with Crippen LogP contribution in [0.3, 0.4) is 0 Å². The molecule has 1 aliphatic rings. The summed E-state index contributed by atoms with van der Waals surface area (Å²) in [5.74, 6) is -0.103. The Balaban J connectivity index is 1.64. The van der Waals surface area contributed by atoms with Gasteiger partial charge in [-0.2, -0.15) is 8.78 Å². The number of hydrogen-bond acceptors (Lipinski definition) is 4. The highest BCUT2D eigenvalue weighted by Crippen LogP contribution is 2.30. The topological polar surface area (TPSA) is 42.0 Å². The molecule has 0 saturated carbocycles. The molecule has 1 heterocycles. The first-order valence-corrected chi connectivity index (χ1v) is 9.25. The Kier molecular flexibility index (Phi) is 6.81. The number of carbonyl (C=O) groups excluding carboxylic acids is 1.